The van der Waals surface area contributed by atoms with Crippen LogP contribution < -0.4 is 0 Å². The molecule has 1 N–H and O–H groups in total. The van der Waals surface area contributed by atoms with Gasteiger partial charge in [-0.2, -0.15) is 4.31 Å². The van der Waals surface area contributed by atoms with Crippen molar-refractivity contribution in [1.29, 1.82) is 0 Å². The summed E-state index contributed by atoms with van der Waals surface area (Å²) in [7, 11) is -3.70. The molecule has 0 saturated heterocycles. The van der Waals surface area contributed by atoms with Crippen LogP contribution in [0.4, 0.5) is 0 Å². The summed E-state index contributed by atoms with van der Waals surface area (Å²) in [6, 6.07) is 2.74. The van der Waals surface area contributed by atoms with Crippen molar-refractivity contribution in [3.05, 3.63) is 43.2 Å². The van der Waals surface area contributed by atoms with Crippen LogP contribution in [0.2, 0.25) is 0 Å². The maximum atomic E-state index is 12.1. The van der Waals surface area contributed by atoms with Crippen molar-refractivity contribution in [2.75, 3.05) is 13.1 Å². The Bertz CT molecular complexity index is 479. The Morgan fingerprint density at radius 2 is 1.88 bits per heavy atom. The van der Waals surface area contributed by atoms with E-state index < -0.39 is 10.0 Å². The van der Waals surface area contributed by atoms with Gasteiger partial charge in [-0.15, -0.1) is 13.2 Å². The third kappa shape index (κ3) is 3.06. The Balaban J connectivity index is 3.05. The monoisotopic (exact) mass is 257 g/mol. The first kappa shape index (κ1) is 13.7. The van der Waals surface area contributed by atoms with Gasteiger partial charge in [-0.05, 0) is 12.1 Å². The fraction of sp³-hybridized carbons (Fsp3) is 0.273. The van der Waals surface area contributed by atoms with Crippen LogP contribution in [0.25, 0.3) is 0 Å². The lowest BCUT2D eigenvalue weighted by Crippen LogP contribution is -2.31. The fourth-order valence-corrected chi connectivity index (χ4v) is 2.58. The molecule has 94 valence electrons. The quantitative estimate of drug-likeness (QED) is 0.743. The van der Waals surface area contributed by atoms with E-state index in [-0.39, 0.29) is 30.5 Å². The molecule has 1 aromatic heterocycles. The van der Waals surface area contributed by atoms with Gasteiger partial charge in [0, 0.05) is 13.1 Å². The number of rotatable bonds is 7. The summed E-state index contributed by atoms with van der Waals surface area (Å²) >= 11 is 0. The Morgan fingerprint density at radius 1 is 1.29 bits per heavy atom. The summed E-state index contributed by atoms with van der Waals surface area (Å²) in [6.45, 7) is 7.01. The Labute approximate surface area is 101 Å². The van der Waals surface area contributed by atoms with Crippen LogP contribution in [0, 0.1) is 0 Å². The number of sulfonamides is 1. The first-order chi connectivity index (χ1) is 8.06. The van der Waals surface area contributed by atoms with Crippen LogP contribution in [0.1, 0.15) is 5.76 Å². The summed E-state index contributed by atoms with van der Waals surface area (Å²) in [5.41, 5.74) is 0. The molecule has 0 aliphatic carbocycles. The van der Waals surface area contributed by atoms with E-state index in [1.807, 2.05) is 0 Å². The Hall–Kier alpha value is -1.37. The zero-order valence-corrected chi connectivity index (χ0v) is 10.2. The highest BCUT2D eigenvalue weighted by Gasteiger charge is 2.25. The second-order valence-corrected chi connectivity index (χ2v) is 5.15. The molecular formula is C11H15NO4S. The molecule has 1 aromatic rings. The fourth-order valence-electron chi connectivity index (χ4n) is 1.27. The number of hydrogen-bond acceptors (Lipinski definition) is 4. The third-order valence-corrected chi connectivity index (χ3v) is 3.76. The molecular weight excluding hydrogens is 242 g/mol. The Morgan fingerprint density at radius 3 is 2.29 bits per heavy atom. The first-order valence-corrected chi connectivity index (χ1v) is 6.41. The van der Waals surface area contributed by atoms with Gasteiger partial charge in [0.05, 0.1) is 0 Å². The average Bonchev–Trinajstić information content (AvgIpc) is 2.78. The molecule has 0 saturated carbocycles. The molecule has 1 rings (SSSR count). The van der Waals surface area contributed by atoms with Gasteiger partial charge in [0.15, 0.2) is 0 Å². The van der Waals surface area contributed by atoms with E-state index in [2.05, 4.69) is 13.2 Å². The molecule has 5 nitrogen and oxygen atoms in total. The van der Waals surface area contributed by atoms with Crippen LogP contribution in [0.3, 0.4) is 0 Å². The molecule has 0 radical (unpaired) electrons. The smallest absolute Gasteiger partial charge is 0.277 e. The van der Waals surface area contributed by atoms with Gasteiger partial charge in [0.25, 0.3) is 10.0 Å². The summed E-state index contributed by atoms with van der Waals surface area (Å²) in [4.78, 5) is 0. The van der Waals surface area contributed by atoms with E-state index in [9.17, 15) is 8.42 Å². The van der Waals surface area contributed by atoms with Crippen LogP contribution >= 0.6 is 0 Å². The lowest BCUT2D eigenvalue weighted by atomic mass is 10.5. The van der Waals surface area contributed by atoms with Crippen molar-refractivity contribution in [3.8, 4) is 0 Å². The summed E-state index contributed by atoms with van der Waals surface area (Å²) < 4.78 is 30.4. The second-order valence-electron chi connectivity index (χ2n) is 3.28. The molecule has 0 spiro atoms. The van der Waals surface area contributed by atoms with E-state index >= 15 is 0 Å². The summed E-state index contributed by atoms with van der Waals surface area (Å²) in [5, 5.41) is 8.64. The van der Waals surface area contributed by atoms with Gasteiger partial charge >= 0.3 is 0 Å². The van der Waals surface area contributed by atoms with Crippen molar-refractivity contribution < 1.29 is 17.9 Å². The van der Waals surface area contributed by atoms with Crippen LogP contribution in [-0.2, 0) is 16.6 Å². The summed E-state index contributed by atoms with van der Waals surface area (Å²) in [6.07, 6.45) is 2.97. The van der Waals surface area contributed by atoms with E-state index in [1.165, 1.54) is 28.6 Å². The minimum atomic E-state index is -3.70. The topological polar surface area (TPSA) is 70.8 Å². The lowest BCUT2D eigenvalue weighted by molar-refractivity contribution is 0.235. The number of aliphatic hydroxyl groups excluding tert-OH is 1. The molecule has 1 heterocycles. The lowest BCUT2D eigenvalue weighted by Gasteiger charge is -2.16. The molecule has 0 aliphatic heterocycles. The molecule has 0 atom stereocenters. The van der Waals surface area contributed by atoms with E-state index in [0.717, 1.165) is 0 Å². The number of aliphatic hydroxyl groups is 1. The largest absolute Gasteiger partial charge is 0.446 e. The molecule has 0 fully saturated rings. The second kappa shape index (κ2) is 5.81. The highest BCUT2D eigenvalue weighted by atomic mass is 32.2. The summed E-state index contributed by atoms with van der Waals surface area (Å²) in [5.74, 6) is 0.209. The number of nitrogens with zero attached hydrogens (tertiary/aromatic N) is 1. The first-order valence-electron chi connectivity index (χ1n) is 4.97. The standard InChI is InChI=1S/C11H15NO4S/c1-3-7-12(8-4-2)17(14,15)11-6-5-10(9-13)16-11/h3-6,13H,1-2,7-9H2. The van der Waals surface area contributed by atoms with E-state index in [4.69, 9.17) is 9.52 Å². The zero-order valence-electron chi connectivity index (χ0n) is 9.37. The predicted molar refractivity (Wildman–Crippen MR) is 63.8 cm³/mol. The van der Waals surface area contributed by atoms with Gasteiger partial charge in [0.2, 0.25) is 5.09 Å². The molecule has 0 bridgehead atoms. The SMILES string of the molecule is C=CCN(CC=C)S(=O)(=O)c1ccc(CO)o1. The van der Waals surface area contributed by atoms with Gasteiger partial charge in [0.1, 0.15) is 12.4 Å². The third-order valence-electron chi connectivity index (χ3n) is 2.05. The molecule has 0 amide bonds. The normalized spacial score (nSPS) is 11.6. The van der Waals surface area contributed by atoms with E-state index in [0.29, 0.717) is 0 Å². The van der Waals surface area contributed by atoms with Crippen molar-refractivity contribution in [3.63, 3.8) is 0 Å². The zero-order chi connectivity index (χ0) is 12.9. The van der Waals surface area contributed by atoms with Gasteiger partial charge in [-0.1, -0.05) is 12.2 Å². The number of furan rings is 1. The van der Waals surface area contributed by atoms with Crippen LogP contribution in [0.15, 0.2) is 47.0 Å². The van der Waals surface area contributed by atoms with Crippen molar-refractivity contribution in [1.82, 2.24) is 4.31 Å². The number of hydrogen-bond donors (Lipinski definition) is 1. The van der Waals surface area contributed by atoms with Crippen molar-refractivity contribution in [2.45, 2.75) is 11.7 Å². The van der Waals surface area contributed by atoms with Crippen molar-refractivity contribution >= 4 is 10.0 Å². The van der Waals surface area contributed by atoms with Crippen LogP contribution in [0.5, 0.6) is 0 Å². The molecule has 17 heavy (non-hydrogen) atoms. The molecule has 0 aliphatic rings. The minimum absolute atomic E-state index is 0.170. The average molecular weight is 257 g/mol. The van der Waals surface area contributed by atoms with Crippen molar-refractivity contribution in [2.24, 2.45) is 0 Å². The highest BCUT2D eigenvalue weighted by molar-refractivity contribution is 7.89. The van der Waals surface area contributed by atoms with Gasteiger partial charge in [-0.25, -0.2) is 8.42 Å². The van der Waals surface area contributed by atoms with Gasteiger partial charge in [-0.3, -0.25) is 0 Å². The Kier molecular flexibility index (Phi) is 4.68. The molecule has 6 heteroatoms. The molecule has 0 unspecified atom stereocenters. The van der Waals surface area contributed by atoms with Gasteiger partial charge < -0.3 is 9.52 Å². The van der Waals surface area contributed by atoms with E-state index in [1.54, 1.807) is 0 Å². The predicted octanol–water partition coefficient (Wildman–Crippen LogP) is 1.13. The molecule has 0 aromatic carbocycles. The maximum absolute atomic E-state index is 12.1. The minimum Gasteiger partial charge on any atom is -0.446 e. The van der Waals surface area contributed by atoms with Crippen LogP contribution in [-0.4, -0.2) is 30.9 Å². The maximum Gasteiger partial charge on any atom is 0.277 e. The highest BCUT2D eigenvalue weighted by Crippen LogP contribution is 2.18.